The Labute approximate surface area is 205 Å². The minimum atomic E-state index is -0.627. The average molecular weight is 475 g/mol. The van der Waals surface area contributed by atoms with Crippen LogP contribution in [0.4, 0.5) is 4.79 Å². The molecule has 1 fully saturated rings. The highest BCUT2D eigenvalue weighted by atomic mass is 32.2. The van der Waals surface area contributed by atoms with E-state index in [1.54, 1.807) is 32.5 Å². The van der Waals surface area contributed by atoms with Crippen LogP contribution in [0.3, 0.4) is 0 Å². The zero-order chi connectivity index (χ0) is 24.2. The van der Waals surface area contributed by atoms with Gasteiger partial charge in [-0.2, -0.15) is 0 Å². The quantitative estimate of drug-likeness (QED) is 0.369. The van der Waals surface area contributed by atoms with Gasteiger partial charge in [0.15, 0.2) is 0 Å². The van der Waals surface area contributed by atoms with Gasteiger partial charge in [-0.05, 0) is 37.5 Å². The van der Waals surface area contributed by atoms with Crippen LogP contribution in [0.5, 0.6) is 0 Å². The molecule has 1 heterocycles. The molecular formula is C28H30N2O3S. The van der Waals surface area contributed by atoms with Crippen LogP contribution in [0.15, 0.2) is 91.0 Å². The standard InChI is InChI=1S/C28H30N2O3S/c1-27(2,3)33-26(32)30-24-23(29-25(24)31)19-34-28(20-13-7-4-8-14-20,21-15-9-5-10-16-21)22-17-11-6-12-18-22/h4-18,23-24H,19H2,1-3H3,(H,29,31)(H,30,32)/t23-,24+/m1/s1. The Morgan fingerprint density at radius 1 is 0.853 bits per heavy atom. The molecule has 2 N–H and O–H groups in total. The van der Waals surface area contributed by atoms with Crippen molar-refractivity contribution in [2.24, 2.45) is 0 Å². The maximum absolute atomic E-state index is 12.3. The van der Waals surface area contributed by atoms with Crippen LogP contribution in [-0.2, 0) is 14.3 Å². The van der Waals surface area contributed by atoms with E-state index in [2.05, 4.69) is 83.4 Å². The van der Waals surface area contributed by atoms with Gasteiger partial charge < -0.3 is 15.4 Å². The highest BCUT2D eigenvalue weighted by Crippen LogP contribution is 2.48. The molecule has 0 bridgehead atoms. The van der Waals surface area contributed by atoms with Crippen molar-refractivity contribution in [2.75, 3.05) is 5.75 Å². The van der Waals surface area contributed by atoms with Crippen molar-refractivity contribution < 1.29 is 14.3 Å². The first-order chi connectivity index (χ1) is 16.3. The number of β-lactam (4-membered cyclic amide) rings is 1. The molecule has 176 valence electrons. The van der Waals surface area contributed by atoms with Crippen LogP contribution in [-0.4, -0.2) is 35.4 Å². The molecule has 1 aliphatic rings. The van der Waals surface area contributed by atoms with Crippen LogP contribution in [0, 0.1) is 0 Å². The van der Waals surface area contributed by atoms with Gasteiger partial charge in [0.1, 0.15) is 11.6 Å². The summed E-state index contributed by atoms with van der Waals surface area (Å²) in [5.41, 5.74) is 2.83. The number of thioether (sulfide) groups is 1. The number of carbonyl (C=O) groups is 2. The Morgan fingerprint density at radius 3 is 1.68 bits per heavy atom. The second kappa shape index (κ2) is 9.94. The van der Waals surface area contributed by atoms with E-state index in [0.717, 1.165) is 16.7 Å². The molecule has 0 aromatic heterocycles. The van der Waals surface area contributed by atoms with Crippen LogP contribution < -0.4 is 10.6 Å². The summed E-state index contributed by atoms with van der Waals surface area (Å²) in [4.78, 5) is 24.6. The predicted octanol–water partition coefficient (Wildman–Crippen LogP) is 5.10. The van der Waals surface area contributed by atoms with Crippen molar-refractivity contribution >= 4 is 23.8 Å². The third kappa shape index (κ3) is 5.12. The molecule has 0 saturated carbocycles. The van der Waals surface area contributed by atoms with E-state index in [1.807, 2.05) is 18.2 Å². The molecule has 6 heteroatoms. The van der Waals surface area contributed by atoms with Crippen molar-refractivity contribution in [1.82, 2.24) is 10.6 Å². The zero-order valence-corrected chi connectivity index (χ0v) is 20.5. The lowest BCUT2D eigenvalue weighted by Gasteiger charge is -2.41. The lowest BCUT2D eigenvalue weighted by atomic mass is 9.84. The summed E-state index contributed by atoms with van der Waals surface area (Å²) in [7, 11) is 0. The molecule has 5 nitrogen and oxygen atoms in total. The van der Waals surface area contributed by atoms with Gasteiger partial charge in [-0.15, -0.1) is 11.8 Å². The normalized spacial score (nSPS) is 17.9. The maximum Gasteiger partial charge on any atom is 0.408 e. The summed E-state index contributed by atoms with van der Waals surface area (Å²) in [6.45, 7) is 5.40. The second-order valence-electron chi connectivity index (χ2n) is 9.33. The minimum absolute atomic E-state index is 0.193. The number of rotatable bonds is 7. The Kier molecular flexibility index (Phi) is 6.98. The van der Waals surface area contributed by atoms with E-state index in [-0.39, 0.29) is 11.9 Å². The molecule has 1 aliphatic heterocycles. The molecule has 4 rings (SSSR count). The zero-order valence-electron chi connectivity index (χ0n) is 19.7. The summed E-state index contributed by atoms with van der Waals surface area (Å²) in [6.07, 6.45) is -0.581. The Morgan fingerprint density at radius 2 is 1.29 bits per heavy atom. The largest absolute Gasteiger partial charge is 0.444 e. The van der Waals surface area contributed by atoms with Crippen molar-refractivity contribution in [3.8, 4) is 0 Å². The molecule has 3 aromatic carbocycles. The number of ether oxygens (including phenoxy) is 1. The first-order valence-corrected chi connectivity index (χ1v) is 12.4. The van der Waals surface area contributed by atoms with Gasteiger partial charge in [0, 0.05) is 5.75 Å². The molecule has 2 atom stereocenters. The van der Waals surface area contributed by atoms with Crippen LogP contribution in [0.2, 0.25) is 0 Å². The SMILES string of the molecule is CC(C)(C)OC(=O)N[C@@H]1C(=O)N[C@@H]1CSC(c1ccccc1)(c1ccccc1)c1ccccc1. The third-order valence-corrected chi connectivity index (χ3v) is 7.37. The molecule has 3 aromatic rings. The molecule has 0 radical (unpaired) electrons. The first kappa shape index (κ1) is 23.9. The van der Waals surface area contributed by atoms with E-state index in [9.17, 15) is 9.59 Å². The molecular weight excluding hydrogens is 444 g/mol. The Hall–Kier alpha value is -3.25. The fourth-order valence-corrected chi connectivity index (χ4v) is 5.78. The minimum Gasteiger partial charge on any atom is -0.444 e. The fraction of sp³-hybridized carbons (Fsp3) is 0.286. The van der Waals surface area contributed by atoms with Crippen molar-refractivity contribution in [3.63, 3.8) is 0 Å². The van der Waals surface area contributed by atoms with Gasteiger partial charge in [0.2, 0.25) is 5.91 Å². The van der Waals surface area contributed by atoms with Gasteiger partial charge in [-0.25, -0.2) is 4.79 Å². The summed E-state index contributed by atoms with van der Waals surface area (Å²) in [5.74, 6) is 0.409. The summed E-state index contributed by atoms with van der Waals surface area (Å²) >= 11 is 1.75. The molecule has 0 spiro atoms. The number of alkyl carbamates (subject to hydrolysis) is 1. The lowest BCUT2D eigenvalue weighted by Crippen LogP contribution is -2.70. The van der Waals surface area contributed by atoms with E-state index in [1.165, 1.54) is 0 Å². The fourth-order valence-electron chi connectivity index (χ4n) is 4.16. The number of amides is 2. The number of benzene rings is 3. The van der Waals surface area contributed by atoms with Gasteiger partial charge in [-0.3, -0.25) is 4.79 Å². The van der Waals surface area contributed by atoms with E-state index in [0.29, 0.717) is 5.75 Å². The van der Waals surface area contributed by atoms with Crippen molar-refractivity contribution in [2.45, 2.75) is 43.2 Å². The first-order valence-electron chi connectivity index (χ1n) is 11.4. The molecule has 34 heavy (non-hydrogen) atoms. The molecule has 2 amide bonds. The highest BCUT2D eigenvalue weighted by Gasteiger charge is 2.44. The summed E-state index contributed by atoms with van der Waals surface area (Å²) in [5, 5.41) is 5.70. The number of nitrogens with one attached hydrogen (secondary N) is 2. The van der Waals surface area contributed by atoms with Crippen LogP contribution >= 0.6 is 11.8 Å². The van der Waals surface area contributed by atoms with Gasteiger partial charge in [-0.1, -0.05) is 91.0 Å². The van der Waals surface area contributed by atoms with Gasteiger partial charge in [0.05, 0.1) is 10.8 Å². The van der Waals surface area contributed by atoms with Gasteiger partial charge in [0.25, 0.3) is 0 Å². The van der Waals surface area contributed by atoms with E-state index < -0.39 is 22.5 Å². The van der Waals surface area contributed by atoms with Gasteiger partial charge >= 0.3 is 6.09 Å². The number of hydrogen-bond acceptors (Lipinski definition) is 4. The van der Waals surface area contributed by atoms with Crippen molar-refractivity contribution in [1.29, 1.82) is 0 Å². The van der Waals surface area contributed by atoms with Crippen molar-refractivity contribution in [3.05, 3.63) is 108 Å². The molecule has 1 saturated heterocycles. The van der Waals surface area contributed by atoms with E-state index in [4.69, 9.17) is 4.74 Å². The Bertz CT molecular complexity index is 1020. The average Bonchev–Trinajstić information content (AvgIpc) is 2.83. The maximum atomic E-state index is 12.3. The Balaban J connectivity index is 1.65. The molecule has 0 aliphatic carbocycles. The van der Waals surface area contributed by atoms with E-state index >= 15 is 0 Å². The summed E-state index contributed by atoms with van der Waals surface area (Å²) in [6, 6.07) is 30.4. The predicted molar refractivity (Wildman–Crippen MR) is 137 cm³/mol. The topological polar surface area (TPSA) is 67.4 Å². The third-order valence-electron chi connectivity index (χ3n) is 5.71. The monoisotopic (exact) mass is 474 g/mol. The smallest absolute Gasteiger partial charge is 0.408 e. The van der Waals surface area contributed by atoms with Crippen LogP contribution in [0.25, 0.3) is 0 Å². The van der Waals surface area contributed by atoms with Crippen LogP contribution in [0.1, 0.15) is 37.5 Å². The summed E-state index contributed by atoms with van der Waals surface area (Å²) < 4.78 is 4.87. The molecule has 0 unspecified atom stereocenters. The number of hydrogen-bond donors (Lipinski definition) is 2. The lowest BCUT2D eigenvalue weighted by molar-refractivity contribution is -0.131. The second-order valence-corrected chi connectivity index (χ2v) is 10.6. The number of carbonyl (C=O) groups excluding carboxylic acids is 2. The highest BCUT2D eigenvalue weighted by molar-refractivity contribution is 8.00.